The highest BCUT2D eigenvalue weighted by Gasteiger charge is 2.33. The molecular weight excluding hydrogens is 459 g/mol. The van der Waals surface area contributed by atoms with Gasteiger partial charge in [-0.1, -0.05) is 60.5 Å². The third kappa shape index (κ3) is 5.47. The van der Waals surface area contributed by atoms with Gasteiger partial charge in [0.2, 0.25) is 15.9 Å². The first-order valence-electron chi connectivity index (χ1n) is 10.1. The molecule has 1 saturated heterocycles. The van der Waals surface area contributed by atoms with Gasteiger partial charge in [0.25, 0.3) is 0 Å². The number of sulfonamides is 1. The van der Waals surface area contributed by atoms with Gasteiger partial charge in [-0.05, 0) is 24.1 Å². The van der Waals surface area contributed by atoms with Crippen molar-refractivity contribution < 1.29 is 18.0 Å². The number of ketones is 1. The van der Waals surface area contributed by atoms with Gasteiger partial charge in [0, 0.05) is 44.6 Å². The predicted octanol–water partition coefficient (Wildman–Crippen LogP) is 4.05. The molecule has 2 aromatic carbocycles. The van der Waals surface area contributed by atoms with Crippen molar-refractivity contribution in [3.05, 3.63) is 63.6 Å². The van der Waals surface area contributed by atoms with E-state index in [2.05, 4.69) is 0 Å². The second-order valence-electron chi connectivity index (χ2n) is 7.31. The number of amides is 1. The summed E-state index contributed by atoms with van der Waals surface area (Å²) in [5.74, 6) is -0.239. The van der Waals surface area contributed by atoms with E-state index in [1.807, 2.05) is 19.1 Å². The van der Waals surface area contributed by atoms with Crippen molar-refractivity contribution in [3.63, 3.8) is 0 Å². The summed E-state index contributed by atoms with van der Waals surface area (Å²) in [4.78, 5) is 26.4. The van der Waals surface area contributed by atoms with Gasteiger partial charge in [-0.3, -0.25) is 9.59 Å². The van der Waals surface area contributed by atoms with Gasteiger partial charge in [0.1, 0.15) is 4.90 Å². The third-order valence-electron chi connectivity index (χ3n) is 5.36. The van der Waals surface area contributed by atoms with E-state index >= 15 is 0 Å². The van der Waals surface area contributed by atoms with Crippen molar-refractivity contribution in [3.8, 4) is 0 Å². The lowest BCUT2D eigenvalue weighted by Crippen LogP contribution is -2.50. The number of carbonyl (C=O) groups is 2. The molecule has 0 radical (unpaired) electrons. The number of aryl methyl sites for hydroxylation is 1. The van der Waals surface area contributed by atoms with E-state index in [-0.39, 0.29) is 65.7 Å². The molecule has 2 aromatic rings. The Hall–Kier alpha value is -1.93. The van der Waals surface area contributed by atoms with E-state index in [9.17, 15) is 18.0 Å². The third-order valence-corrected chi connectivity index (χ3v) is 8.21. The molecule has 1 amide bonds. The topological polar surface area (TPSA) is 74.8 Å². The number of carbonyl (C=O) groups excluding carboxylic acids is 2. The van der Waals surface area contributed by atoms with Crippen molar-refractivity contribution in [1.29, 1.82) is 0 Å². The molecular formula is C22H24Cl2N2O4S. The van der Waals surface area contributed by atoms with Crippen LogP contribution in [0.4, 0.5) is 0 Å². The van der Waals surface area contributed by atoms with Crippen LogP contribution in [0.3, 0.4) is 0 Å². The van der Waals surface area contributed by atoms with Crippen LogP contribution >= 0.6 is 23.2 Å². The summed E-state index contributed by atoms with van der Waals surface area (Å²) in [6.07, 6.45) is 1.12. The standard InChI is InChI=1S/C22H24Cl2N2O4S/c1-2-16-6-8-17(9-7-16)20(27)10-11-21(28)25-12-14-26(15-13-25)31(29,30)22-18(23)4-3-5-19(22)24/h3-9H,2,10-15H2,1H3. The number of nitrogens with zero attached hydrogens (tertiary/aromatic N) is 2. The van der Waals surface area contributed by atoms with Gasteiger partial charge >= 0.3 is 0 Å². The zero-order valence-corrected chi connectivity index (χ0v) is 19.5. The zero-order chi connectivity index (χ0) is 22.6. The zero-order valence-electron chi connectivity index (χ0n) is 17.2. The summed E-state index contributed by atoms with van der Waals surface area (Å²) in [6.45, 7) is 2.83. The predicted molar refractivity (Wildman–Crippen MR) is 121 cm³/mol. The van der Waals surface area contributed by atoms with Crippen LogP contribution < -0.4 is 0 Å². The molecule has 0 bridgehead atoms. The summed E-state index contributed by atoms with van der Waals surface area (Å²) in [5.41, 5.74) is 1.75. The highest BCUT2D eigenvalue weighted by molar-refractivity contribution is 7.89. The number of Topliss-reactive ketones (excluding diaryl/α,β-unsaturated/α-hetero) is 1. The molecule has 6 nitrogen and oxygen atoms in total. The summed E-state index contributed by atoms with van der Waals surface area (Å²) in [6, 6.07) is 11.9. The fourth-order valence-corrected chi connectivity index (χ4v) is 6.00. The monoisotopic (exact) mass is 482 g/mol. The van der Waals surface area contributed by atoms with Crippen LogP contribution in [0, 0.1) is 0 Å². The van der Waals surface area contributed by atoms with Gasteiger partial charge in [-0.25, -0.2) is 8.42 Å². The molecule has 0 unspecified atom stereocenters. The number of hydrogen-bond acceptors (Lipinski definition) is 4. The van der Waals surface area contributed by atoms with E-state index < -0.39 is 10.0 Å². The lowest BCUT2D eigenvalue weighted by Gasteiger charge is -2.34. The number of rotatable bonds is 7. The first kappa shape index (κ1) is 23.7. The number of halogens is 2. The lowest BCUT2D eigenvalue weighted by atomic mass is 10.0. The van der Waals surface area contributed by atoms with Gasteiger partial charge in [-0.15, -0.1) is 0 Å². The maximum atomic E-state index is 12.9. The number of piperazine rings is 1. The Morgan fingerprint density at radius 3 is 2.03 bits per heavy atom. The fourth-order valence-electron chi connectivity index (χ4n) is 3.49. The van der Waals surface area contributed by atoms with Crippen LogP contribution in [0.25, 0.3) is 0 Å². The maximum absolute atomic E-state index is 12.9. The highest BCUT2D eigenvalue weighted by Crippen LogP contribution is 2.31. The average Bonchev–Trinajstić information content (AvgIpc) is 2.77. The quantitative estimate of drug-likeness (QED) is 0.557. The van der Waals surface area contributed by atoms with E-state index in [0.717, 1.165) is 12.0 Å². The summed E-state index contributed by atoms with van der Waals surface area (Å²) >= 11 is 12.1. The SMILES string of the molecule is CCc1ccc(C(=O)CCC(=O)N2CCN(S(=O)(=O)c3c(Cl)cccc3Cl)CC2)cc1. The second-order valence-corrected chi connectivity index (χ2v) is 10.00. The Balaban J connectivity index is 1.55. The Kier molecular flexibility index (Phi) is 7.75. The van der Waals surface area contributed by atoms with Crippen LogP contribution in [0.2, 0.25) is 10.0 Å². The molecule has 31 heavy (non-hydrogen) atoms. The van der Waals surface area contributed by atoms with E-state index in [4.69, 9.17) is 23.2 Å². The lowest BCUT2D eigenvalue weighted by molar-refractivity contribution is -0.132. The highest BCUT2D eigenvalue weighted by atomic mass is 35.5. The minimum Gasteiger partial charge on any atom is -0.340 e. The van der Waals surface area contributed by atoms with Crippen LogP contribution in [0.15, 0.2) is 47.4 Å². The van der Waals surface area contributed by atoms with Crippen molar-refractivity contribution >= 4 is 44.9 Å². The van der Waals surface area contributed by atoms with Gasteiger partial charge in [0.05, 0.1) is 10.0 Å². The van der Waals surface area contributed by atoms with Crippen LogP contribution in [0.5, 0.6) is 0 Å². The van der Waals surface area contributed by atoms with E-state index in [1.165, 1.54) is 16.4 Å². The van der Waals surface area contributed by atoms with Crippen molar-refractivity contribution in [2.75, 3.05) is 26.2 Å². The van der Waals surface area contributed by atoms with Crippen molar-refractivity contribution in [2.24, 2.45) is 0 Å². The fraction of sp³-hybridized carbons (Fsp3) is 0.364. The summed E-state index contributed by atoms with van der Waals surface area (Å²) < 4.78 is 27.1. The van der Waals surface area contributed by atoms with Crippen molar-refractivity contribution in [1.82, 2.24) is 9.21 Å². The molecule has 166 valence electrons. The number of hydrogen-bond donors (Lipinski definition) is 0. The van der Waals surface area contributed by atoms with Gasteiger partial charge in [0.15, 0.2) is 5.78 Å². The first-order valence-corrected chi connectivity index (χ1v) is 12.3. The van der Waals surface area contributed by atoms with Gasteiger partial charge < -0.3 is 4.90 Å². The van der Waals surface area contributed by atoms with Crippen molar-refractivity contribution in [2.45, 2.75) is 31.1 Å². The molecule has 1 heterocycles. The van der Waals surface area contributed by atoms with Crippen LogP contribution in [-0.2, 0) is 21.2 Å². The average molecular weight is 483 g/mol. The van der Waals surface area contributed by atoms with Crippen LogP contribution in [-0.4, -0.2) is 55.5 Å². The van der Waals surface area contributed by atoms with E-state index in [0.29, 0.717) is 5.56 Å². The molecule has 3 rings (SSSR count). The second kappa shape index (κ2) is 10.1. The summed E-state index contributed by atoms with van der Waals surface area (Å²) in [5, 5.41) is 0.132. The Bertz CT molecular complexity index is 1040. The molecule has 9 heteroatoms. The molecule has 0 saturated carbocycles. The molecule has 0 spiro atoms. The van der Waals surface area contributed by atoms with Crippen LogP contribution in [0.1, 0.15) is 35.7 Å². The largest absolute Gasteiger partial charge is 0.340 e. The maximum Gasteiger partial charge on any atom is 0.246 e. The minimum atomic E-state index is -3.86. The molecule has 0 N–H and O–H groups in total. The molecule has 1 aliphatic rings. The van der Waals surface area contributed by atoms with Gasteiger partial charge in [-0.2, -0.15) is 4.31 Å². The minimum absolute atomic E-state index is 0.0662. The molecule has 0 aromatic heterocycles. The molecule has 0 aliphatic carbocycles. The van der Waals surface area contributed by atoms with E-state index in [1.54, 1.807) is 23.1 Å². The normalized spacial score (nSPS) is 15.1. The Labute approximate surface area is 192 Å². The Morgan fingerprint density at radius 2 is 1.48 bits per heavy atom. The first-order chi connectivity index (χ1) is 14.7. The molecule has 1 aliphatic heterocycles. The summed E-state index contributed by atoms with van der Waals surface area (Å²) in [7, 11) is -3.86. The number of benzene rings is 2. The smallest absolute Gasteiger partial charge is 0.246 e. The Morgan fingerprint density at radius 1 is 0.903 bits per heavy atom. The molecule has 1 fully saturated rings. The molecule has 0 atom stereocenters.